The number of hydrogen-bond donors (Lipinski definition) is 0. The maximum absolute atomic E-state index is 12.6. The lowest BCUT2D eigenvalue weighted by Gasteiger charge is -2.26. The SMILES string of the molecule is O=C(c1cccc(C[S@](=O)CC2CCCCC2)c1)N1CCCCC1. The lowest BCUT2D eigenvalue weighted by Crippen LogP contribution is -2.35. The highest BCUT2D eigenvalue weighted by molar-refractivity contribution is 7.84. The molecule has 1 aromatic carbocycles. The summed E-state index contributed by atoms with van der Waals surface area (Å²) in [5.74, 6) is 2.18. The lowest BCUT2D eigenvalue weighted by atomic mass is 9.91. The number of piperidine rings is 1. The van der Waals surface area contributed by atoms with E-state index in [4.69, 9.17) is 0 Å². The van der Waals surface area contributed by atoms with E-state index in [1.807, 2.05) is 29.2 Å². The summed E-state index contributed by atoms with van der Waals surface area (Å²) in [6.45, 7) is 1.74. The number of carbonyl (C=O) groups excluding carboxylic acids is 1. The maximum atomic E-state index is 12.6. The number of nitrogens with zero attached hydrogens (tertiary/aromatic N) is 1. The molecule has 1 heterocycles. The van der Waals surface area contributed by atoms with Crippen LogP contribution in [-0.2, 0) is 16.6 Å². The molecule has 0 N–H and O–H groups in total. The molecule has 3 rings (SSSR count). The summed E-state index contributed by atoms with van der Waals surface area (Å²) in [6, 6.07) is 7.79. The third kappa shape index (κ3) is 4.92. The molecule has 1 saturated carbocycles. The van der Waals surface area contributed by atoms with Crippen LogP contribution in [0, 0.1) is 5.92 Å². The van der Waals surface area contributed by atoms with Gasteiger partial charge >= 0.3 is 0 Å². The van der Waals surface area contributed by atoms with Gasteiger partial charge in [-0.2, -0.15) is 0 Å². The van der Waals surface area contributed by atoms with E-state index < -0.39 is 10.8 Å². The van der Waals surface area contributed by atoms with Crippen molar-refractivity contribution in [2.75, 3.05) is 18.8 Å². The summed E-state index contributed by atoms with van der Waals surface area (Å²) < 4.78 is 12.5. The average Bonchev–Trinajstić information content (AvgIpc) is 2.63. The molecule has 1 saturated heterocycles. The monoisotopic (exact) mass is 347 g/mol. The molecule has 1 amide bonds. The van der Waals surface area contributed by atoms with Crippen LogP contribution in [0.1, 0.15) is 67.3 Å². The Labute approximate surface area is 148 Å². The van der Waals surface area contributed by atoms with Crippen LogP contribution in [0.25, 0.3) is 0 Å². The van der Waals surface area contributed by atoms with Crippen molar-refractivity contribution in [3.05, 3.63) is 35.4 Å². The highest BCUT2D eigenvalue weighted by Gasteiger charge is 2.19. The number of likely N-dealkylation sites (tertiary alicyclic amines) is 1. The van der Waals surface area contributed by atoms with Crippen LogP contribution in [0.3, 0.4) is 0 Å². The highest BCUT2D eigenvalue weighted by atomic mass is 32.2. The van der Waals surface area contributed by atoms with E-state index in [0.717, 1.165) is 42.8 Å². The van der Waals surface area contributed by atoms with Gasteiger partial charge in [0.25, 0.3) is 5.91 Å². The van der Waals surface area contributed by atoms with E-state index in [9.17, 15) is 9.00 Å². The van der Waals surface area contributed by atoms with Gasteiger partial charge in [0.15, 0.2) is 0 Å². The van der Waals surface area contributed by atoms with Gasteiger partial charge in [-0.3, -0.25) is 9.00 Å². The minimum Gasteiger partial charge on any atom is -0.339 e. The normalized spacial score (nSPS) is 20.8. The van der Waals surface area contributed by atoms with Crippen LogP contribution in [0.4, 0.5) is 0 Å². The molecule has 1 aliphatic carbocycles. The number of benzene rings is 1. The number of hydrogen-bond acceptors (Lipinski definition) is 2. The summed E-state index contributed by atoms with van der Waals surface area (Å²) in [5, 5.41) is 0. The Bertz CT molecular complexity index is 575. The first kappa shape index (κ1) is 17.7. The highest BCUT2D eigenvalue weighted by Crippen LogP contribution is 2.25. The van der Waals surface area contributed by atoms with Crippen LogP contribution in [0.15, 0.2) is 24.3 Å². The van der Waals surface area contributed by atoms with Crippen molar-refractivity contribution in [2.45, 2.75) is 57.1 Å². The summed E-state index contributed by atoms with van der Waals surface area (Å²) in [4.78, 5) is 14.6. The van der Waals surface area contributed by atoms with E-state index in [0.29, 0.717) is 11.7 Å². The van der Waals surface area contributed by atoms with Gasteiger partial charge < -0.3 is 4.90 Å². The lowest BCUT2D eigenvalue weighted by molar-refractivity contribution is 0.0724. The van der Waals surface area contributed by atoms with Gasteiger partial charge in [0, 0.05) is 41.0 Å². The van der Waals surface area contributed by atoms with Gasteiger partial charge in [-0.25, -0.2) is 0 Å². The zero-order valence-corrected chi connectivity index (χ0v) is 15.4. The van der Waals surface area contributed by atoms with Crippen LogP contribution < -0.4 is 0 Å². The van der Waals surface area contributed by atoms with Crippen molar-refractivity contribution >= 4 is 16.7 Å². The zero-order valence-electron chi connectivity index (χ0n) is 14.5. The van der Waals surface area contributed by atoms with Crippen molar-refractivity contribution < 1.29 is 9.00 Å². The third-order valence-electron chi connectivity index (χ3n) is 5.29. The first-order valence-corrected chi connectivity index (χ1v) is 10.9. The zero-order chi connectivity index (χ0) is 16.8. The maximum Gasteiger partial charge on any atom is 0.253 e. The fourth-order valence-electron chi connectivity index (χ4n) is 3.94. The number of carbonyl (C=O) groups is 1. The Hall–Kier alpha value is -1.16. The Kier molecular flexibility index (Phi) is 6.47. The van der Waals surface area contributed by atoms with E-state index in [1.165, 1.54) is 38.5 Å². The van der Waals surface area contributed by atoms with E-state index >= 15 is 0 Å². The molecule has 2 fully saturated rings. The minimum absolute atomic E-state index is 0.134. The molecule has 2 aliphatic rings. The average molecular weight is 348 g/mol. The molecule has 1 atom stereocenters. The van der Waals surface area contributed by atoms with Crippen LogP contribution in [-0.4, -0.2) is 33.9 Å². The second-order valence-electron chi connectivity index (χ2n) is 7.31. The first-order chi connectivity index (χ1) is 11.7. The Morgan fingerprint density at radius 2 is 1.75 bits per heavy atom. The molecule has 0 radical (unpaired) electrons. The number of amides is 1. The molecule has 4 heteroatoms. The quantitative estimate of drug-likeness (QED) is 0.803. The largest absolute Gasteiger partial charge is 0.339 e. The van der Waals surface area contributed by atoms with Gasteiger partial charge in [0.2, 0.25) is 0 Å². The minimum atomic E-state index is -0.820. The summed E-state index contributed by atoms with van der Waals surface area (Å²) in [5.41, 5.74) is 1.79. The molecule has 132 valence electrons. The van der Waals surface area contributed by atoms with E-state index in [1.54, 1.807) is 0 Å². The van der Waals surface area contributed by atoms with Gasteiger partial charge in [0.1, 0.15) is 0 Å². The second-order valence-corrected chi connectivity index (χ2v) is 8.81. The van der Waals surface area contributed by atoms with Crippen LogP contribution in [0.5, 0.6) is 0 Å². The van der Waals surface area contributed by atoms with Crippen molar-refractivity contribution in [2.24, 2.45) is 5.92 Å². The predicted octanol–water partition coefficient (Wildman–Crippen LogP) is 4.14. The molecular formula is C20H29NO2S. The van der Waals surface area contributed by atoms with Gasteiger partial charge in [-0.05, 0) is 55.7 Å². The van der Waals surface area contributed by atoms with Crippen molar-refractivity contribution in [3.8, 4) is 0 Å². The Morgan fingerprint density at radius 3 is 2.50 bits per heavy atom. The molecule has 0 aromatic heterocycles. The molecule has 3 nitrogen and oxygen atoms in total. The Morgan fingerprint density at radius 1 is 1.04 bits per heavy atom. The topological polar surface area (TPSA) is 37.4 Å². The van der Waals surface area contributed by atoms with Gasteiger partial charge in [-0.1, -0.05) is 31.4 Å². The molecule has 1 aromatic rings. The van der Waals surface area contributed by atoms with Crippen LogP contribution >= 0.6 is 0 Å². The third-order valence-corrected chi connectivity index (χ3v) is 6.79. The number of rotatable bonds is 5. The summed E-state index contributed by atoms with van der Waals surface area (Å²) >= 11 is 0. The van der Waals surface area contributed by atoms with Gasteiger partial charge in [-0.15, -0.1) is 0 Å². The molecular weight excluding hydrogens is 318 g/mol. The molecule has 1 aliphatic heterocycles. The molecule has 0 spiro atoms. The summed E-state index contributed by atoms with van der Waals surface area (Å²) in [6.07, 6.45) is 9.84. The Balaban J connectivity index is 1.57. The molecule has 24 heavy (non-hydrogen) atoms. The standard InChI is InChI=1S/C20H29NO2S/c22-20(21-12-5-2-6-13-21)19-11-7-10-18(14-19)16-24(23)15-17-8-3-1-4-9-17/h7,10-11,14,17H,1-6,8-9,12-13,15-16H2/t24-/m1/s1. The fourth-order valence-corrected chi connectivity index (χ4v) is 5.46. The predicted molar refractivity (Wildman–Crippen MR) is 99.5 cm³/mol. The fraction of sp³-hybridized carbons (Fsp3) is 0.650. The molecule has 0 bridgehead atoms. The smallest absolute Gasteiger partial charge is 0.253 e. The van der Waals surface area contributed by atoms with Crippen molar-refractivity contribution in [1.82, 2.24) is 4.90 Å². The van der Waals surface area contributed by atoms with E-state index in [-0.39, 0.29) is 5.91 Å². The van der Waals surface area contributed by atoms with Gasteiger partial charge in [0.05, 0.1) is 0 Å². The van der Waals surface area contributed by atoms with Crippen molar-refractivity contribution in [3.63, 3.8) is 0 Å². The first-order valence-electron chi connectivity index (χ1n) is 9.45. The summed E-state index contributed by atoms with van der Waals surface area (Å²) in [7, 11) is -0.820. The van der Waals surface area contributed by atoms with Crippen molar-refractivity contribution in [1.29, 1.82) is 0 Å². The van der Waals surface area contributed by atoms with Crippen LogP contribution in [0.2, 0.25) is 0 Å². The second kappa shape index (κ2) is 8.80. The molecule has 0 unspecified atom stereocenters. The van der Waals surface area contributed by atoms with E-state index in [2.05, 4.69) is 0 Å².